The smallest absolute Gasteiger partial charge is 0.358 e. The molecule has 0 N–H and O–H groups in total. The Labute approximate surface area is 159 Å². The molecule has 0 bridgehead atoms. The normalized spacial score (nSPS) is 11.9. The first-order valence-corrected chi connectivity index (χ1v) is 9.19. The number of rotatable bonds is 5. The van der Waals surface area contributed by atoms with Crippen LogP contribution in [-0.4, -0.2) is 21.2 Å². The summed E-state index contributed by atoms with van der Waals surface area (Å²) in [6, 6.07) is 19.1. The molecule has 0 amide bonds. The first-order valence-electron chi connectivity index (χ1n) is 8.31. The number of esters is 1. The fraction of sp³-hybridized carbons (Fsp3) is 0.100. The van der Waals surface area contributed by atoms with E-state index in [4.69, 9.17) is 9.15 Å². The van der Waals surface area contributed by atoms with Crippen LogP contribution < -0.4 is 0 Å². The van der Waals surface area contributed by atoms with Crippen LogP contribution in [0.25, 0.3) is 22.0 Å². The van der Waals surface area contributed by atoms with Crippen molar-refractivity contribution in [1.82, 2.24) is 15.2 Å². The van der Waals surface area contributed by atoms with Gasteiger partial charge in [0.1, 0.15) is 5.01 Å². The molecule has 0 fully saturated rings. The number of hydrogen-bond acceptors (Lipinski definition) is 7. The van der Waals surface area contributed by atoms with Crippen LogP contribution in [0.3, 0.4) is 0 Å². The Hall–Kier alpha value is -3.32. The lowest BCUT2D eigenvalue weighted by Gasteiger charge is -2.07. The summed E-state index contributed by atoms with van der Waals surface area (Å²) in [4.78, 5) is 16.7. The van der Waals surface area contributed by atoms with Gasteiger partial charge in [0.15, 0.2) is 11.8 Å². The second-order valence-electron chi connectivity index (χ2n) is 5.76. The summed E-state index contributed by atoms with van der Waals surface area (Å²) in [5, 5.41) is 10.4. The van der Waals surface area contributed by atoms with Crippen molar-refractivity contribution in [2.24, 2.45) is 0 Å². The van der Waals surface area contributed by atoms with Crippen LogP contribution >= 0.6 is 11.3 Å². The Morgan fingerprint density at radius 2 is 1.67 bits per heavy atom. The van der Waals surface area contributed by atoms with Gasteiger partial charge in [-0.1, -0.05) is 48.5 Å². The highest BCUT2D eigenvalue weighted by Crippen LogP contribution is 2.26. The molecular weight excluding hydrogens is 362 g/mol. The minimum absolute atomic E-state index is 0.237. The van der Waals surface area contributed by atoms with Crippen molar-refractivity contribution in [3.63, 3.8) is 0 Å². The van der Waals surface area contributed by atoms with E-state index in [0.29, 0.717) is 5.89 Å². The van der Waals surface area contributed by atoms with E-state index in [1.54, 1.807) is 12.3 Å². The molecule has 0 saturated carbocycles. The van der Waals surface area contributed by atoms with Gasteiger partial charge in [0.2, 0.25) is 5.89 Å². The van der Waals surface area contributed by atoms with E-state index in [-0.39, 0.29) is 11.6 Å². The summed E-state index contributed by atoms with van der Waals surface area (Å²) < 4.78 is 11.1. The molecule has 134 valence electrons. The van der Waals surface area contributed by atoms with Gasteiger partial charge >= 0.3 is 5.97 Å². The second-order valence-corrected chi connectivity index (χ2v) is 6.62. The van der Waals surface area contributed by atoms with Crippen molar-refractivity contribution in [2.45, 2.75) is 13.0 Å². The minimum atomic E-state index is -0.677. The zero-order chi connectivity index (χ0) is 18.6. The Bertz CT molecular complexity index is 1040. The topological polar surface area (TPSA) is 78.1 Å². The summed E-state index contributed by atoms with van der Waals surface area (Å²) in [5.74, 6) is 0.0922. The Balaban J connectivity index is 1.46. The minimum Gasteiger partial charge on any atom is -0.448 e. The van der Waals surface area contributed by atoms with Crippen LogP contribution in [-0.2, 0) is 4.74 Å². The van der Waals surface area contributed by atoms with E-state index in [9.17, 15) is 4.79 Å². The summed E-state index contributed by atoms with van der Waals surface area (Å²) in [6.07, 6.45) is -0.677. The van der Waals surface area contributed by atoms with Crippen molar-refractivity contribution in [3.8, 4) is 22.0 Å². The van der Waals surface area contributed by atoms with Gasteiger partial charge in [0.05, 0.1) is 0 Å². The van der Waals surface area contributed by atoms with Gasteiger partial charge in [-0.3, -0.25) is 0 Å². The predicted octanol–water partition coefficient (Wildman–Crippen LogP) is 4.78. The highest BCUT2D eigenvalue weighted by molar-refractivity contribution is 7.13. The largest absolute Gasteiger partial charge is 0.448 e. The second kappa shape index (κ2) is 7.51. The Kier molecular flexibility index (Phi) is 4.76. The monoisotopic (exact) mass is 377 g/mol. The Morgan fingerprint density at radius 1 is 1.00 bits per heavy atom. The maximum atomic E-state index is 12.4. The average Bonchev–Trinajstić information content (AvgIpc) is 3.39. The van der Waals surface area contributed by atoms with Crippen LogP contribution in [0.5, 0.6) is 0 Å². The maximum absolute atomic E-state index is 12.4. The molecule has 0 aliphatic carbocycles. The van der Waals surface area contributed by atoms with E-state index in [0.717, 1.165) is 16.1 Å². The van der Waals surface area contributed by atoms with E-state index < -0.39 is 12.1 Å². The van der Waals surface area contributed by atoms with Gasteiger partial charge < -0.3 is 9.15 Å². The highest BCUT2D eigenvalue weighted by Gasteiger charge is 2.21. The zero-order valence-corrected chi connectivity index (χ0v) is 15.2. The Morgan fingerprint density at radius 3 is 2.37 bits per heavy atom. The molecule has 0 saturated heterocycles. The molecule has 27 heavy (non-hydrogen) atoms. The van der Waals surface area contributed by atoms with Crippen molar-refractivity contribution in [2.75, 3.05) is 0 Å². The van der Waals surface area contributed by atoms with Crippen LogP contribution in [0.15, 0.2) is 70.5 Å². The number of carbonyl (C=O) groups is 1. The predicted molar refractivity (Wildman–Crippen MR) is 101 cm³/mol. The molecule has 0 unspecified atom stereocenters. The van der Waals surface area contributed by atoms with Gasteiger partial charge in [0, 0.05) is 16.5 Å². The number of ether oxygens (including phenoxy) is 1. The molecule has 6 nitrogen and oxygen atoms in total. The van der Waals surface area contributed by atoms with Crippen molar-refractivity contribution in [3.05, 3.63) is 77.6 Å². The first kappa shape index (κ1) is 17.1. The standard InChI is InChI=1S/C20H15N3O3S/c1-13(17-22-23-18(26-17)14-8-4-2-5-9-14)25-20(24)16-12-27-19(21-16)15-10-6-3-7-11-15/h2-13H,1H3/t13-/m1/s1. The summed E-state index contributed by atoms with van der Waals surface area (Å²) in [6.45, 7) is 1.69. The molecule has 2 aromatic heterocycles. The number of nitrogens with zero attached hydrogens (tertiary/aromatic N) is 3. The molecule has 1 atom stereocenters. The summed E-state index contributed by atoms with van der Waals surface area (Å²) in [7, 11) is 0. The lowest BCUT2D eigenvalue weighted by atomic mass is 10.2. The van der Waals surface area contributed by atoms with E-state index in [1.165, 1.54) is 11.3 Å². The average molecular weight is 377 g/mol. The number of thiazole rings is 1. The van der Waals surface area contributed by atoms with E-state index >= 15 is 0 Å². The number of aromatic nitrogens is 3. The third kappa shape index (κ3) is 3.78. The molecule has 2 heterocycles. The van der Waals surface area contributed by atoms with Crippen LogP contribution in [0.4, 0.5) is 0 Å². The maximum Gasteiger partial charge on any atom is 0.358 e. The molecular formula is C20H15N3O3S. The third-order valence-electron chi connectivity index (χ3n) is 3.83. The van der Waals surface area contributed by atoms with Crippen LogP contribution in [0.1, 0.15) is 29.4 Å². The van der Waals surface area contributed by atoms with Gasteiger partial charge in [-0.15, -0.1) is 21.5 Å². The van der Waals surface area contributed by atoms with Crippen LogP contribution in [0.2, 0.25) is 0 Å². The SMILES string of the molecule is C[C@@H](OC(=O)c1csc(-c2ccccc2)n1)c1nnc(-c2ccccc2)o1. The summed E-state index contributed by atoms with van der Waals surface area (Å²) in [5.41, 5.74) is 2.02. The van der Waals surface area contributed by atoms with Crippen molar-refractivity contribution >= 4 is 17.3 Å². The van der Waals surface area contributed by atoms with Crippen molar-refractivity contribution < 1.29 is 13.9 Å². The molecule has 0 radical (unpaired) electrons. The quantitative estimate of drug-likeness (QED) is 0.466. The lowest BCUT2D eigenvalue weighted by Crippen LogP contribution is -2.10. The lowest BCUT2D eigenvalue weighted by molar-refractivity contribution is 0.0274. The van der Waals surface area contributed by atoms with Gasteiger partial charge in [-0.05, 0) is 19.1 Å². The number of hydrogen-bond donors (Lipinski definition) is 0. The van der Waals surface area contributed by atoms with Gasteiger partial charge in [-0.25, -0.2) is 9.78 Å². The number of benzene rings is 2. The third-order valence-corrected chi connectivity index (χ3v) is 4.72. The summed E-state index contributed by atoms with van der Waals surface area (Å²) >= 11 is 1.39. The van der Waals surface area contributed by atoms with Gasteiger partial charge in [-0.2, -0.15) is 0 Å². The molecule has 0 aliphatic heterocycles. The number of carbonyl (C=O) groups excluding carboxylic acids is 1. The fourth-order valence-corrected chi connectivity index (χ4v) is 3.24. The molecule has 2 aromatic carbocycles. The van der Waals surface area contributed by atoms with E-state index in [2.05, 4.69) is 15.2 Å². The molecule has 0 spiro atoms. The highest BCUT2D eigenvalue weighted by atomic mass is 32.1. The molecule has 4 rings (SSSR count). The molecule has 0 aliphatic rings. The van der Waals surface area contributed by atoms with Crippen molar-refractivity contribution in [1.29, 1.82) is 0 Å². The van der Waals surface area contributed by atoms with Gasteiger partial charge in [0.25, 0.3) is 5.89 Å². The van der Waals surface area contributed by atoms with E-state index in [1.807, 2.05) is 60.7 Å². The first-order chi connectivity index (χ1) is 13.2. The zero-order valence-electron chi connectivity index (χ0n) is 14.4. The fourth-order valence-electron chi connectivity index (χ4n) is 2.45. The van der Waals surface area contributed by atoms with Crippen LogP contribution in [0, 0.1) is 0 Å². The molecule has 4 aromatic rings. The molecule has 7 heteroatoms.